The van der Waals surface area contributed by atoms with Crippen molar-refractivity contribution in [2.75, 3.05) is 33.8 Å². The van der Waals surface area contributed by atoms with Gasteiger partial charge in [-0.15, -0.1) is 0 Å². The SMILES string of the molecule is CCOC(=O)c1[nH]c(C)c(/C(O)=C2\C(=O)C(=O)N(CCN(C)C)[C@@H]2c2cccc(Br)c2)c1C. The van der Waals surface area contributed by atoms with E-state index in [9.17, 15) is 19.5 Å². The number of likely N-dealkylation sites (N-methyl/N-ethyl adjacent to an activating group) is 1. The number of likely N-dealkylation sites (tertiary alicyclic amines) is 1. The molecule has 2 heterocycles. The van der Waals surface area contributed by atoms with Crippen molar-refractivity contribution in [2.45, 2.75) is 26.8 Å². The summed E-state index contributed by atoms with van der Waals surface area (Å²) in [6, 6.07) is 6.55. The van der Waals surface area contributed by atoms with Gasteiger partial charge in [-0.3, -0.25) is 9.59 Å². The zero-order valence-electron chi connectivity index (χ0n) is 19.4. The highest BCUT2D eigenvalue weighted by Crippen LogP contribution is 2.41. The van der Waals surface area contributed by atoms with Gasteiger partial charge in [-0.05, 0) is 58.1 Å². The van der Waals surface area contributed by atoms with Gasteiger partial charge < -0.3 is 24.6 Å². The number of rotatable bonds is 7. The van der Waals surface area contributed by atoms with Crippen molar-refractivity contribution in [2.24, 2.45) is 0 Å². The Bertz CT molecular complexity index is 1140. The molecular weight excluding hydrogens is 490 g/mol. The van der Waals surface area contributed by atoms with Gasteiger partial charge in [-0.1, -0.05) is 28.1 Å². The van der Waals surface area contributed by atoms with Gasteiger partial charge in [0.1, 0.15) is 11.5 Å². The van der Waals surface area contributed by atoms with Gasteiger partial charge in [0, 0.05) is 28.8 Å². The fourth-order valence-corrected chi connectivity index (χ4v) is 4.51. The number of aliphatic hydroxyl groups excluding tert-OH is 1. The number of benzene rings is 1. The molecule has 0 bridgehead atoms. The van der Waals surface area contributed by atoms with Gasteiger partial charge in [0.2, 0.25) is 0 Å². The number of H-pyrrole nitrogens is 1. The molecule has 1 aromatic heterocycles. The fraction of sp³-hybridized carbons (Fsp3) is 0.375. The highest BCUT2D eigenvalue weighted by atomic mass is 79.9. The first-order chi connectivity index (χ1) is 15.6. The smallest absolute Gasteiger partial charge is 0.355 e. The third-order valence-corrected chi connectivity index (χ3v) is 6.14. The highest BCUT2D eigenvalue weighted by Gasteiger charge is 2.46. The Hall–Kier alpha value is -2.91. The molecule has 1 fully saturated rings. The van der Waals surface area contributed by atoms with Crippen LogP contribution < -0.4 is 0 Å². The number of nitrogens with one attached hydrogen (secondary N) is 1. The normalized spacial score (nSPS) is 17.8. The van der Waals surface area contributed by atoms with E-state index < -0.39 is 23.7 Å². The fourth-order valence-electron chi connectivity index (χ4n) is 4.09. The maximum Gasteiger partial charge on any atom is 0.355 e. The Balaban J connectivity index is 2.20. The van der Waals surface area contributed by atoms with Crippen LogP contribution in [0.25, 0.3) is 5.76 Å². The van der Waals surface area contributed by atoms with E-state index in [1.54, 1.807) is 20.8 Å². The standard InChI is InChI=1S/C24H28BrN3O5/c1-6-33-24(32)19-13(2)17(14(3)26-19)21(29)18-20(15-8-7-9-16(25)12-15)28(11-10-27(4)5)23(31)22(18)30/h7-9,12,20,26,29H,6,10-11H2,1-5H3/b21-18+/t20-/m1/s1. The van der Waals surface area contributed by atoms with Crippen LogP contribution in [0.2, 0.25) is 0 Å². The van der Waals surface area contributed by atoms with E-state index in [0.29, 0.717) is 35.5 Å². The number of aliphatic hydroxyl groups is 1. The molecule has 1 saturated heterocycles. The summed E-state index contributed by atoms with van der Waals surface area (Å²) in [5.41, 5.74) is 2.18. The predicted octanol–water partition coefficient (Wildman–Crippen LogP) is 3.55. The van der Waals surface area contributed by atoms with Gasteiger partial charge in [-0.25, -0.2) is 4.79 Å². The Kier molecular flexibility index (Phi) is 7.44. The minimum absolute atomic E-state index is 0.00235. The second-order valence-electron chi connectivity index (χ2n) is 8.20. The molecule has 1 atom stereocenters. The van der Waals surface area contributed by atoms with E-state index in [-0.39, 0.29) is 23.6 Å². The Morgan fingerprint density at radius 2 is 1.97 bits per heavy atom. The van der Waals surface area contributed by atoms with Gasteiger partial charge in [-0.2, -0.15) is 0 Å². The molecule has 3 rings (SSSR count). The summed E-state index contributed by atoms with van der Waals surface area (Å²) in [7, 11) is 3.77. The molecule has 0 unspecified atom stereocenters. The topological polar surface area (TPSA) is 103 Å². The number of hydrogen-bond donors (Lipinski definition) is 2. The van der Waals surface area contributed by atoms with Crippen molar-refractivity contribution in [3.63, 3.8) is 0 Å². The minimum Gasteiger partial charge on any atom is -0.507 e. The van der Waals surface area contributed by atoms with Gasteiger partial charge in [0.15, 0.2) is 0 Å². The van der Waals surface area contributed by atoms with Crippen molar-refractivity contribution >= 4 is 39.3 Å². The first-order valence-corrected chi connectivity index (χ1v) is 11.4. The minimum atomic E-state index is -0.762. The molecule has 8 nitrogen and oxygen atoms in total. The molecule has 9 heteroatoms. The molecule has 176 valence electrons. The first kappa shape index (κ1) is 24.7. The lowest BCUT2D eigenvalue weighted by molar-refractivity contribution is -0.140. The number of ether oxygens (including phenoxy) is 1. The molecule has 33 heavy (non-hydrogen) atoms. The average Bonchev–Trinajstić information content (AvgIpc) is 3.19. The number of esters is 1. The lowest BCUT2D eigenvalue weighted by atomic mass is 9.94. The Morgan fingerprint density at radius 1 is 1.27 bits per heavy atom. The lowest BCUT2D eigenvalue weighted by Crippen LogP contribution is -2.35. The summed E-state index contributed by atoms with van der Waals surface area (Å²) in [4.78, 5) is 44.9. The summed E-state index contributed by atoms with van der Waals surface area (Å²) in [6.07, 6.45) is 0. The summed E-state index contributed by atoms with van der Waals surface area (Å²) in [6.45, 7) is 6.13. The number of ketones is 1. The van der Waals surface area contributed by atoms with Crippen LogP contribution in [0.15, 0.2) is 34.3 Å². The van der Waals surface area contributed by atoms with Crippen LogP contribution in [0.3, 0.4) is 0 Å². The van der Waals surface area contributed by atoms with Crippen molar-refractivity contribution < 1.29 is 24.2 Å². The first-order valence-electron chi connectivity index (χ1n) is 10.6. The number of amides is 1. The monoisotopic (exact) mass is 517 g/mol. The number of carbonyl (C=O) groups excluding carboxylic acids is 3. The van der Waals surface area contributed by atoms with Gasteiger partial charge in [0.05, 0.1) is 18.2 Å². The van der Waals surface area contributed by atoms with Crippen LogP contribution >= 0.6 is 15.9 Å². The zero-order chi connectivity index (χ0) is 24.4. The maximum atomic E-state index is 13.2. The molecule has 0 aliphatic carbocycles. The Morgan fingerprint density at radius 3 is 2.58 bits per heavy atom. The summed E-state index contributed by atoms with van der Waals surface area (Å²) in [5.74, 6) is -2.28. The van der Waals surface area contributed by atoms with Crippen molar-refractivity contribution in [1.29, 1.82) is 0 Å². The van der Waals surface area contributed by atoms with Crippen molar-refractivity contribution in [3.8, 4) is 0 Å². The second kappa shape index (κ2) is 9.93. The molecule has 2 aromatic rings. The highest BCUT2D eigenvalue weighted by molar-refractivity contribution is 9.10. The van der Waals surface area contributed by atoms with Crippen molar-refractivity contribution in [3.05, 3.63) is 62.4 Å². The van der Waals surface area contributed by atoms with Gasteiger partial charge >= 0.3 is 5.97 Å². The molecule has 1 amide bonds. The van der Waals surface area contributed by atoms with Crippen LogP contribution in [-0.2, 0) is 14.3 Å². The largest absolute Gasteiger partial charge is 0.507 e. The molecule has 2 N–H and O–H groups in total. The second-order valence-corrected chi connectivity index (χ2v) is 9.11. The van der Waals surface area contributed by atoms with E-state index in [2.05, 4.69) is 20.9 Å². The Labute approximate surface area is 201 Å². The number of aryl methyl sites for hydroxylation is 1. The average molecular weight is 518 g/mol. The molecule has 0 saturated carbocycles. The van der Waals surface area contributed by atoms with Gasteiger partial charge in [0.25, 0.3) is 11.7 Å². The number of halogens is 1. The third kappa shape index (κ3) is 4.74. The summed E-state index contributed by atoms with van der Waals surface area (Å²) < 4.78 is 5.88. The molecule has 1 aliphatic heterocycles. The van der Waals surface area contributed by atoms with Crippen LogP contribution in [0.5, 0.6) is 0 Å². The van der Waals surface area contributed by atoms with E-state index in [4.69, 9.17) is 4.74 Å². The predicted molar refractivity (Wildman–Crippen MR) is 128 cm³/mol. The van der Waals surface area contributed by atoms with Crippen LogP contribution in [0.4, 0.5) is 0 Å². The maximum absolute atomic E-state index is 13.2. The van der Waals surface area contributed by atoms with Crippen LogP contribution in [0.1, 0.15) is 45.8 Å². The molecule has 1 aromatic carbocycles. The van der Waals surface area contributed by atoms with Crippen molar-refractivity contribution in [1.82, 2.24) is 14.8 Å². The number of nitrogens with zero attached hydrogens (tertiary/aromatic N) is 2. The molecule has 1 aliphatic rings. The van der Waals surface area contributed by atoms with E-state index in [1.807, 2.05) is 43.3 Å². The number of aromatic amines is 1. The van der Waals surface area contributed by atoms with E-state index in [0.717, 1.165) is 4.47 Å². The van der Waals surface area contributed by atoms with E-state index in [1.165, 1.54) is 4.90 Å². The number of Topliss-reactive ketones (excluding diaryl/α,β-unsaturated/α-hetero) is 1. The molecule has 0 radical (unpaired) electrons. The summed E-state index contributed by atoms with van der Waals surface area (Å²) in [5, 5.41) is 11.4. The van der Waals surface area contributed by atoms with Crippen LogP contribution in [0, 0.1) is 13.8 Å². The van der Waals surface area contributed by atoms with Crippen LogP contribution in [-0.4, -0.2) is 71.3 Å². The van der Waals surface area contributed by atoms with E-state index >= 15 is 0 Å². The quantitative estimate of drug-likeness (QED) is 0.252. The molecule has 0 spiro atoms. The number of aromatic nitrogens is 1. The molecular formula is C24H28BrN3O5. The summed E-state index contributed by atoms with van der Waals surface area (Å²) >= 11 is 3.45. The number of hydrogen-bond acceptors (Lipinski definition) is 6. The zero-order valence-corrected chi connectivity index (χ0v) is 20.9. The number of carbonyl (C=O) groups is 3. The third-order valence-electron chi connectivity index (χ3n) is 5.65. The lowest BCUT2D eigenvalue weighted by Gasteiger charge is -2.26.